The zero-order chi connectivity index (χ0) is 22.8. The van der Waals surface area contributed by atoms with E-state index in [1.165, 1.54) is 16.7 Å². The molecule has 0 aliphatic carbocycles. The second-order valence-electron chi connectivity index (χ2n) is 7.22. The number of ether oxygens (including phenoxy) is 2. The van der Waals surface area contributed by atoms with Crippen LogP contribution in [0.5, 0.6) is 5.75 Å². The van der Waals surface area contributed by atoms with Crippen LogP contribution >= 0.6 is 15.9 Å². The van der Waals surface area contributed by atoms with E-state index >= 15 is 0 Å². The Morgan fingerprint density at radius 1 is 0.906 bits per heavy atom. The van der Waals surface area contributed by atoms with Crippen molar-refractivity contribution in [3.8, 4) is 5.75 Å². The monoisotopic (exact) mass is 495 g/mol. The molecular formula is C26H26BrNO4. The zero-order valence-corrected chi connectivity index (χ0v) is 19.6. The highest BCUT2D eigenvalue weighted by molar-refractivity contribution is 9.10. The van der Waals surface area contributed by atoms with Crippen LogP contribution in [0.15, 0.2) is 89.9 Å². The third kappa shape index (κ3) is 7.55. The standard InChI is InChI=1S/C26H26BrNO4/c1-3-16-30-26(29)28(17-21-8-12-24(27)13-9-21)32-19-23-10-14-25(15-11-23)31-18-22-6-4-20(2)5-7-22/h3-15H,1,16-19H2,2H3. The second kappa shape index (κ2) is 12.1. The van der Waals surface area contributed by atoms with E-state index in [0.717, 1.165) is 26.9 Å². The maximum absolute atomic E-state index is 12.4. The van der Waals surface area contributed by atoms with E-state index in [-0.39, 0.29) is 19.8 Å². The lowest BCUT2D eigenvalue weighted by Gasteiger charge is -2.21. The van der Waals surface area contributed by atoms with Crippen LogP contribution in [0, 0.1) is 6.92 Å². The molecule has 0 saturated heterocycles. The highest BCUT2D eigenvalue weighted by Gasteiger charge is 2.17. The molecule has 0 fully saturated rings. The minimum absolute atomic E-state index is 0.117. The Balaban J connectivity index is 1.56. The van der Waals surface area contributed by atoms with Crippen LogP contribution in [-0.2, 0) is 29.3 Å². The summed E-state index contributed by atoms with van der Waals surface area (Å²) in [5.41, 5.74) is 4.17. The van der Waals surface area contributed by atoms with E-state index in [0.29, 0.717) is 6.61 Å². The van der Waals surface area contributed by atoms with Crippen LogP contribution in [-0.4, -0.2) is 17.8 Å². The molecule has 1 amide bonds. The van der Waals surface area contributed by atoms with Gasteiger partial charge in [0.25, 0.3) is 0 Å². The van der Waals surface area contributed by atoms with Crippen molar-refractivity contribution in [1.29, 1.82) is 0 Å². The van der Waals surface area contributed by atoms with Gasteiger partial charge in [0.15, 0.2) is 0 Å². The van der Waals surface area contributed by atoms with Crippen LogP contribution in [0.2, 0.25) is 0 Å². The number of aryl methyl sites for hydroxylation is 1. The number of hydroxylamine groups is 2. The van der Waals surface area contributed by atoms with Gasteiger partial charge < -0.3 is 9.47 Å². The minimum atomic E-state index is -0.564. The largest absolute Gasteiger partial charge is 0.489 e. The van der Waals surface area contributed by atoms with Crippen LogP contribution < -0.4 is 4.74 Å². The van der Waals surface area contributed by atoms with Gasteiger partial charge in [-0.3, -0.25) is 4.84 Å². The molecule has 32 heavy (non-hydrogen) atoms. The fraction of sp³-hybridized carbons (Fsp3) is 0.192. The lowest BCUT2D eigenvalue weighted by Crippen LogP contribution is -2.31. The molecule has 0 saturated carbocycles. The fourth-order valence-electron chi connectivity index (χ4n) is 2.81. The molecule has 0 aromatic heterocycles. The fourth-order valence-corrected chi connectivity index (χ4v) is 3.07. The Hall–Kier alpha value is -3.09. The first kappa shape index (κ1) is 23.6. The van der Waals surface area contributed by atoms with Gasteiger partial charge in [-0.25, -0.2) is 4.79 Å². The molecule has 3 rings (SSSR count). The molecule has 0 spiro atoms. The summed E-state index contributed by atoms with van der Waals surface area (Å²) in [7, 11) is 0. The van der Waals surface area contributed by atoms with E-state index in [1.807, 2.05) is 48.5 Å². The van der Waals surface area contributed by atoms with Crippen molar-refractivity contribution in [3.63, 3.8) is 0 Å². The van der Waals surface area contributed by atoms with Gasteiger partial charge in [-0.05, 0) is 47.9 Å². The molecule has 5 nitrogen and oxygen atoms in total. The van der Waals surface area contributed by atoms with Gasteiger partial charge in [-0.15, -0.1) is 0 Å². The first-order valence-corrected chi connectivity index (χ1v) is 11.0. The molecule has 0 bridgehead atoms. The van der Waals surface area contributed by atoms with Crippen molar-refractivity contribution in [2.45, 2.75) is 26.7 Å². The molecule has 0 atom stereocenters. The number of benzene rings is 3. The van der Waals surface area contributed by atoms with Gasteiger partial charge in [0, 0.05) is 4.47 Å². The number of carbonyl (C=O) groups is 1. The number of nitrogens with zero attached hydrogens (tertiary/aromatic N) is 1. The maximum atomic E-state index is 12.4. The SMILES string of the molecule is C=CCOC(=O)N(Cc1ccc(Br)cc1)OCc1ccc(OCc2ccc(C)cc2)cc1. The van der Waals surface area contributed by atoms with E-state index in [4.69, 9.17) is 14.3 Å². The van der Waals surface area contributed by atoms with E-state index < -0.39 is 6.09 Å². The number of amides is 1. The van der Waals surface area contributed by atoms with Crippen molar-refractivity contribution < 1.29 is 19.1 Å². The second-order valence-corrected chi connectivity index (χ2v) is 8.14. The zero-order valence-electron chi connectivity index (χ0n) is 18.0. The Morgan fingerprint density at radius 2 is 1.50 bits per heavy atom. The van der Waals surface area contributed by atoms with Crippen LogP contribution in [0.25, 0.3) is 0 Å². The lowest BCUT2D eigenvalue weighted by atomic mass is 10.2. The summed E-state index contributed by atoms with van der Waals surface area (Å²) in [6, 6.07) is 23.5. The number of hydrogen-bond acceptors (Lipinski definition) is 4. The van der Waals surface area contributed by atoms with Gasteiger partial charge in [0.1, 0.15) is 25.6 Å². The topological polar surface area (TPSA) is 48.0 Å². The molecule has 0 unspecified atom stereocenters. The predicted octanol–water partition coefficient (Wildman–Crippen LogP) is 6.59. The first-order valence-electron chi connectivity index (χ1n) is 10.2. The summed E-state index contributed by atoms with van der Waals surface area (Å²) in [4.78, 5) is 18.2. The Labute approximate surface area is 197 Å². The average molecular weight is 496 g/mol. The highest BCUT2D eigenvalue weighted by Crippen LogP contribution is 2.17. The molecular weight excluding hydrogens is 470 g/mol. The molecule has 6 heteroatoms. The van der Waals surface area contributed by atoms with Gasteiger partial charge in [0.05, 0.1) is 6.54 Å². The normalized spacial score (nSPS) is 10.4. The number of halogens is 1. The molecule has 0 aliphatic heterocycles. The molecule has 0 heterocycles. The summed E-state index contributed by atoms with van der Waals surface area (Å²) >= 11 is 3.41. The minimum Gasteiger partial charge on any atom is -0.489 e. The van der Waals surface area contributed by atoms with E-state index in [1.54, 1.807) is 0 Å². The molecule has 0 aliphatic rings. The first-order chi connectivity index (χ1) is 15.5. The third-order valence-electron chi connectivity index (χ3n) is 4.60. The predicted molar refractivity (Wildman–Crippen MR) is 128 cm³/mol. The van der Waals surface area contributed by atoms with E-state index in [9.17, 15) is 4.79 Å². The van der Waals surface area contributed by atoms with Crippen LogP contribution in [0.3, 0.4) is 0 Å². The quantitative estimate of drug-likeness (QED) is 0.235. The molecule has 166 valence electrons. The summed E-state index contributed by atoms with van der Waals surface area (Å²) in [6.07, 6.45) is 0.955. The third-order valence-corrected chi connectivity index (χ3v) is 5.13. The molecule has 3 aromatic rings. The average Bonchev–Trinajstić information content (AvgIpc) is 2.81. The summed E-state index contributed by atoms with van der Waals surface area (Å²) in [5, 5.41) is 1.22. The summed E-state index contributed by atoms with van der Waals surface area (Å²) in [6.45, 7) is 6.74. The van der Waals surface area contributed by atoms with E-state index in [2.05, 4.69) is 53.7 Å². The Kier molecular flexibility index (Phi) is 8.90. The summed E-state index contributed by atoms with van der Waals surface area (Å²) < 4.78 is 12.0. The smallest absolute Gasteiger partial charge is 0.434 e. The maximum Gasteiger partial charge on any atom is 0.434 e. The molecule has 0 radical (unpaired) electrons. The number of rotatable bonds is 10. The van der Waals surface area contributed by atoms with Crippen molar-refractivity contribution >= 4 is 22.0 Å². The van der Waals surface area contributed by atoms with Crippen molar-refractivity contribution in [3.05, 3.63) is 112 Å². The number of hydrogen-bond donors (Lipinski definition) is 0. The van der Waals surface area contributed by atoms with Crippen LogP contribution in [0.1, 0.15) is 22.3 Å². The highest BCUT2D eigenvalue weighted by atomic mass is 79.9. The van der Waals surface area contributed by atoms with Gasteiger partial charge in [0.2, 0.25) is 0 Å². The van der Waals surface area contributed by atoms with Crippen molar-refractivity contribution in [2.75, 3.05) is 6.61 Å². The summed E-state index contributed by atoms with van der Waals surface area (Å²) in [5.74, 6) is 0.770. The van der Waals surface area contributed by atoms with Gasteiger partial charge >= 0.3 is 6.09 Å². The van der Waals surface area contributed by atoms with Crippen molar-refractivity contribution in [1.82, 2.24) is 5.06 Å². The Morgan fingerprint density at radius 3 is 2.16 bits per heavy atom. The van der Waals surface area contributed by atoms with Crippen LogP contribution in [0.4, 0.5) is 4.79 Å². The lowest BCUT2D eigenvalue weighted by molar-refractivity contribution is -0.151. The molecule has 0 N–H and O–H groups in total. The van der Waals surface area contributed by atoms with Crippen molar-refractivity contribution in [2.24, 2.45) is 0 Å². The van der Waals surface area contributed by atoms with Gasteiger partial charge in [-0.2, -0.15) is 5.06 Å². The van der Waals surface area contributed by atoms with Gasteiger partial charge in [-0.1, -0.05) is 82.7 Å². The Bertz CT molecular complexity index is 1000. The molecule has 3 aromatic carbocycles. The number of carbonyl (C=O) groups excluding carboxylic acids is 1.